The summed E-state index contributed by atoms with van der Waals surface area (Å²) in [5.41, 5.74) is 1.80. The van der Waals surface area contributed by atoms with Crippen LogP contribution >= 0.6 is 0 Å². The minimum Gasteiger partial charge on any atom is -0.342 e. The molecule has 4 heteroatoms. The zero-order valence-corrected chi connectivity index (χ0v) is 16.3. The lowest BCUT2D eigenvalue weighted by molar-refractivity contribution is -0.142. The fourth-order valence-corrected chi connectivity index (χ4v) is 3.19. The molecule has 2 rings (SSSR count). The highest BCUT2D eigenvalue weighted by atomic mass is 16.2. The Labute approximate surface area is 152 Å². The lowest BCUT2D eigenvalue weighted by Crippen LogP contribution is -2.45. The smallest absolute Gasteiger partial charge is 0.227 e. The lowest BCUT2D eigenvalue weighted by Gasteiger charge is -2.35. The van der Waals surface area contributed by atoms with Gasteiger partial charge in [0.15, 0.2) is 0 Å². The summed E-state index contributed by atoms with van der Waals surface area (Å²) >= 11 is 0. The van der Waals surface area contributed by atoms with Gasteiger partial charge in [-0.05, 0) is 42.9 Å². The van der Waals surface area contributed by atoms with Crippen molar-refractivity contribution in [1.29, 1.82) is 0 Å². The van der Waals surface area contributed by atoms with Gasteiger partial charge in [0, 0.05) is 30.1 Å². The third-order valence-corrected chi connectivity index (χ3v) is 5.15. The number of nitrogens with zero attached hydrogens (tertiary/aromatic N) is 1. The van der Waals surface area contributed by atoms with Gasteiger partial charge in [0.25, 0.3) is 0 Å². The highest BCUT2D eigenvalue weighted by Crippen LogP contribution is 2.25. The van der Waals surface area contributed by atoms with Gasteiger partial charge >= 0.3 is 0 Å². The Morgan fingerprint density at radius 3 is 2.20 bits per heavy atom. The summed E-state index contributed by atoms with van der Waals surface area (Å²) in [4.78, 5) is 26.7. The van der Waals surface area contributed by atoms with Crippen LogP contribution in [0.5, 0.6) is 0 Å². The van der Waals surface area contributed by atoms with Crippen molar-refractivity contribution >= 4 is 17.5 Å². The van der Waals surface area contributed by atoms with Crippen LogP contribution in [0.15, 0.2) is 24.3 Å². The van der Waals surface area contributed by atoms with E-state index in [2.05, 4.69) is 31.3 Å². The lowest BCUT2D eigenvalue weighted by atomic mass is 9.90. The zero-order valence-electron chi connectivity index (χ0n) is 16.3. The molecule has 1 atom stereocenters. The molecule has 0 radical (unpaired) electrons. The molecule has 1 aromatic carbocycles. The summed E-state index contributed by atoms with van der Waals surface area (Å²) in [5, 5.41) is 3.03. The normalized spacial score (nSPS) is 17.2. The van der Waals surface area contributed by atoms with Gasteiger partial charge in [0.2, 0.25) is 11.8 Å². The number of nitrogens with one attached hydrogen (secondary N) is 1. The third kappa shape index (κ3) is 5.07. The van der Waals surface area contributed by atoms with E-state index < -0.39 is 0 Å². The van der Waals surface area contributed by atoms with Crippen molar-refractivity contribution in [3.8, 4) is 0 Å². The summed E-state index contributed by atoms with van der Waals surface area (Å²) in [6, 6.07) is 8.15. The molecule has 0 saturated carbocycles. The molecule has 1 heterocycles. The van der Waals surface area contributed by atoms with Crippen LogP contribution in [0.1, 0.15) is 65.4 Å². The molecular weight excluding hydrogens is 312 g/mol. The van der Waals surface area contributed by atoms with E-state index in [1.54, 1.807) is 0 Å². The second-order valence-corrected chi connectivity index (χ2v) is 8.24. The number of hydrogen-bond donors (Lipinski definition) is 1. The third-order valence-electron chi connectivity index (χ3n) is 5.15. The first-order valence-corrected chi connectivity index (χ1v) is 9.42. The number of carbonyl (C=O) groups excluding carboxylic acids is 2. The second-order valence-electron chi connectivity index (χ2n) is 8.24. The number of benzene rings is 1. The highest BCUT2D eigenvalue weighted by Gasteiger charge is 2.32. The largest absolute Gasteiger partial charge is 0.342 e. The number of carbonyl (C=O) groups is 2. The Bertz CT molecular complexity index is 593. The van der Waals surface area contributed by atoms with Crippen LogP contribution in [0, 0.1) is 11.3 Å². The maximum absolute atomic E-state index is 12.5. The second kappa shape index (κ2) is 8.03. The van der Waals surface area contributed by atoms with E-state index in [1.165, 1.54) is 5.56 Å². The van der Waals surface area contributed by atoms with Gasteiger partial charge in [-0.2, -0.15) is 0 Å². The number of likely N-dealkylation sites (tertiary alicyclic amines) is 1. The van der Waals surface area contributed by atoms with E-state index in [0.29, 0.717) is 19.0 Å². The predicted molar refractivity (Wildman–Crippen MR) is 103 cm³/mol. The number of rotatable bonds is 4. The summed E-state index contributed by atoms with van der Waals surface area (Å²) in [7, 11) is 0. The van der Waals surface area contributed by atoms with Crippen LogP contribution in [-0.2, 0) is 9.59 Å². The Kier molecular flexibility index (Phi) is 6.26. The summed E-state index contributed by atoms with van der Waals surface area (Å²) in [6.07, 6.45) is 2.58. The van der Waals surface area contributed by atoms with Gasteiger partial charge < -0.3 is 10.2 Å². The molecule has 138 valence electrons. The van der Waals surface area contributed by atoms with E-state index in [0.717, 1.165) is 24.9 Å². The first-order valence-electron chi connectivity index (χ1n) is 9.42. The van der Waals surface area contributed by atoms with Gasteiger partial charge in [-0.15, -0.1) is 0 Å². The molecule has 4 nitrogen and oxygen atoms in total. The van der Waals surface area contributed by atoms with Gasteiger partial charge in [-0.1, -0.05) is 46.8 Å². The minimum atomic E-state index is -0.355. The Morgan fingerprint density at radius 1 is 1.16 bits per heavy atom. The molecule has 0 aromatic heterocycles. The summed E-state index contributed by atoms with van der Waals surface area (Å²) in [6.45, 7) is 11.5. The van der Waals surface area contributed by atoms with E-state index in [1.807, 2.05) is 37.8 Å². The van der Waals surface area contributed by atoms with Crippen molar-refractivity contribution in [3.63, 3.8) is 0 Å². The van der Waals surface area contributed by atoms with Crippen molar-refractivity contribution in [3.05, 3.63) is 29.8 Å². The first-order chi connectivity index (χ1) is 11.7. The highest BCUT2D eigenvalue weighted by molar-refractivity contribution is 5.92. The molecule has 1 unspecified atom stereocenters. The van der Waals surface area contributed by atoms with Crippen molar-refractivity contribution in [2.75, 3.05) is 18.4 Å². The van der Waals surface area contributed by atoms with Crippen molar-refractivity contribution in [2.24, 2.45) is 11.3 Å². The van der Waals surface area contributed by atoms with Crippen LogP contribution in [0.2, 0.25) is 0 Å². The average molecular weight is 344 g/mol. The molecule has 1 aliphatic rings. The summed E-state index contributed by atoms with van der Waals surface area (Å²) in [5.74, 6) is 0.763. The molecule has 1 N–H and O–H groups in total. The van der Waals surface area contributed by atoms with Gasteiger partial charge in [-0.25, -0.2) is 0 Å². The fraction of sp³-hybridized carbons (Fsp3) is 0.619. The van der Waals surface area contributed by atoms with E-state index in [-0.39, 0.29) is 23.1 Å². The van der Waals surface area contributed by atoms with Crippen LogP contribution in [0.3, 0.4) is 0 Å². The molecule has 1 saturated heterocycles. The SMILES string of the molecule is CCC(C)c1ccc(NC(=O)C2CCN(C(=O)C(C)(C)C)CC2)cc1. The molecule has 1 aliphatic heterocycles. The molecule has 0 bridgehead atoms. The van der Waals surface area contributed by atoms with Gasteiger partial charge in [-0.3, -0.25) is 9.59 Å². The minimum absolute atomic E-state index is 0.0155. The van der Waals surface area contributed by atoms with Crippen molar-refractivity contribution in [2.45, 2.75) is 59.8 Å². The Morgan fingerprint density at radius 2 is 1.72 bits per heavy atom. The van der Waals surface area contributed by atoms with Crippen LogP contribution in [-0.4, -0.2) is 29.8 Å². The van der Waals surface area contributed by atoms with E-state index in [9.17, 15) is 9.59 Å². The zero-order chi connectivity index (χ0) is 18.6. The van der Waals surface area contributed by atoms with Crippen molar-refractivity contribution < 1.29 is 9.59 Å². The maximum atomic E-state index is 12.5. The fourth-order valence-electron chi connectivity index (χ4n) is 3.19. The standard InChI is InChI=1S/C21H32N2O2/c1-6-15(2)16-7-9-18(10-8-16)22-19(24)17-11-13-23(14-12-17)20(25)21(3,4)5/h7-10,15,17H,6,11-14H2,1-5H3,(H,22,24). The monoisotopic (exact) mass is 344 g/mol. The average Bonchev–Trinajstić information content (AvgIpc) is 2.60. The van der Waals surface area contributed by atoms with Crippen molar-refractivity contribution in [1.82, 2.24) is 4.90 Å². The van der Waals surface area contributed by atoms with Gasteiger partial charge in [0.1, 0.15) is 0 Å². The topological polar surface area (TPSA) is 49.4 Å². The Hall–Kier alpha value is -1.84. The van der Waals surface area contributed by atoms with E-state index in [4.69, 9.17) is 0 Å². The van der Waals surface area contributed by atoms with Crippen LogP contribution in [0.4, 0.5) is 5.69 Å². The maximum Gasteiger partial charge on any atom is 0.227 e. The van der Waals surface area contributed by atoms with Crippen LogP contribution in [0.25, 0.3) is 0 Å². The van der Waals surface area contributed by atoms with Gasteiger partial charge in [0.05, 0.1) is 0 Å². The number of amides is 2. The molecular formula is C21H32N2O2. The predicted octanol–water partition coefficient (Wildman–Crippen LogP) is 4.42. The summed E-state index contributed by atoms with van der Waals surface area (Å²) < 4.78 is 0. The molecule has 25 heavy (non-hydrogen) atoms. The molecule has 0 spiro atoms. The molecule has 2 amide bonds. The first kappa shape index (κ1) is 19.5. The molecule has 0 aliphatic carbocycles. The van der Waals surface area contributed by atoms with E-state index >= 15 is 0 Å². The quantitative estimate of drug-likeness (QED) is 0.879. The molecule has 1 aromatic rings. The number of piperidine rings is 1. The number of anilines is 1. The van der Waals surface area contributed by atoms with Crippen LogP contribution < -0.4 is 5.32 Å². The Balaban J connectivity index is 1.87. The molecule has 1 fully saturated rings. The number of hydrogen-bond acceptors (Lipinski definition) is 2.